The Morgan fingerprint density at radius 3 is 1.20 bits per heavy atom. The van der Waals surface area contributed by atoms with Gasteiger partial charge >= 0.3 is 30.4 Å². The molecule has 0 unspecified atom stereocenters. The number of halogens is 1. The topological polar surface area (TPSA) is 34.1 Å². The minimum absolute atomic E-state index is 0. The van der Waals surface area contributed by atoms with Crippen molar-refractivity contribution in [1.29, 1.82) is 0 Å². The third kappa shape index (κ3) is 69.0. The molecule has 0 bridgehead atoms. The second-order valence-electron chi connectivity index (χ2n) is 0.0680. The van der Waals surface area contributed by atoms with Gasteiger partial charge in [-0.25, -0.2) is 0 Å². The van der Waals surface area contributed by atoms with Crippen molar-refractivity contribution < 1.29 is 39.7 Å². The Balaban J connectivity index is -0.0000000200. The molecule has 0 N–H and O–H groups in total. The molecule has 5 heteroatoms. The first kappa shape index (κ1) is 17.3. The molecule has 2 nitrogen and oxygen atoms in total. The zero-order chi connectivity index (χ0) is 2.71. The maximum absolute atomic E-state index is 8.29. The van der Waals surface area contributed by atoms with Gasteiger partial charge in [-0.05, 0) is 0 Å². The first-order valence-corrected chi connectivity index (χ1v) is 1.00. The van der Waals surface area contributed by atoms with Gasteiger partial charge < -0.3 is 12.4 Å². The molecule has 26 valence electrons. The van der Waals surface area contributed by atoms with Crippen LogP contribution in [-0.4, -0.2) is 8.42 Å². The van der Waals surface area contributed by atoms with Crippen molar-refractivity contribution in [3.05, 3.63) is 0 Å². The van der Waals surface area contributed by atoms with E-state index in [0.29, 0.717) is 0 Å². The van der Waals surface area contributed by atoms with Gasteiger partial charge in [-0.2, -0.15) is 8.42 Å². The minimum atomic E-state index is -0.750. The monoisotopic (exact) mass is 106 g/mol. The second-order valence-corrected chi connectivity index (χ2v) is 0.204. The summed E-state index contributed by atoms with van der Waals surface area (Å²) in [4.78, 5) is 0. The summed E-state index contributed by atoms with van der Waals surface area (Å²) in [5.74, 6) is 0. The summed E-state index contributed by atoms with van der Waals surface area (Å²) in [6.45, 7) is 0. The second kappa shape index (κ2) is 22.2. The van der Waals surface area contributed by atoms with E-state index in [1.807, 2.05) is 0 Å². The van der Waals surface area contributed by atoms with E-state index >= 15 is 0 Å². The van der Waals surface area contributed by atoms with Crippen molar-refractivity contribution in [2.45, 2.75) is 0 Å². The molecule has 0 radical (unpaired) electrons. The van der Waals surface area contributed by atoms with E-state index in [1.165, 1.54) is 0 Å². The Hall–Kier alpha value is 0.707. The molecular formula is ClLiO2S. The molecule has 0 aromatic carbocycles. The first-order valence-electron chi connectivity index (χ1n) is 0.333. The largest absolute Gasteiger partial charge is 1.00 e. The maximum Gasteiger partial charge on any atom is 1.00 e. The van der Waals surface area contributed by atoms with Crippen LogP contribution >= 0.6 is 0 Å². The van der Waals surface area contributed by atoms with Gasteiger partial charge in [0.15, 0.2) is 0 Å². The Morgan fingerprint density at radius 1 is 1.20 bits per heavy atom. The van der Waals surface area contributed by atoms with Crippen LogP contribution in [0.3, 0.4) is 0 Å². The zero-order valence-corrected chi connectivity index (χ0v) is 4.18. The van der Waals surface area contributed by atoms with Crippen molar-refractivity contribution in [1.82, 2.24) is 0 Å². The fourth-order valence-corrected chi connectivity index (χ4v) is 0. The molecule has 0 saturated carbocycles. The predicted octanol–water partition coefficient (Wildman–Crippen LogP) is -6.66. The molecule has 0 amide bonds. The third-order valence-corrected chi connectivity index (χ3v) is 0. The molecule has 0 aliphatic rings. The van der Waals surface area contributed by atoms with Gasteiger partial charge in [0.1, 0.15) is 0 Å². The summed E-state index contributed by atoms with van der Waals surface area (Å²) in [6.07, 6.45) is 0. The van der Waals surface area contributed by atoms with Crippen LogP contribution in [0.4, 0.5) is 0 Å². The SMILES string of the molecule is O=S=O.[Cl-].[Li+]. The van der Waals surface area contributed by atoms with Crippen LogP contribution in [-0.2, 0) is 11.6 Å². The van der Waals surface area contributed by atoms with Crippen molar-refractivity contribution in [3.8, 4) is 0 Å². The van der Waals surface area contributed by atoms with Crippen LogP contribution in [0.5, 0.6) is 0 Å². The van der Waals surface area contributed by atoms with Crippen molar-refractivity contribution >= 4 is 11.6 Å². The standard InChI is InChI=1S/ClH.Li.O2S/c;;1-3-2/h1H;;/q;+1;/p-1. The van der Waals surface area contributed by atoms with Crippen LogP contribution < -0.4 is 31.3 Å². The van der Waals surface area contributed by atoms with Crippen LogP contribution in [0.1, 0.15) is 0 Å². The van der Waals surface area contributed by atoms with Crippen LogP contribution in [0.25, 0.3) is 0 Å². The first-order chi connectivity index (χ1) is 1.41. The fraction of sp³-hybridized carbons (Fsp3) is 0. The number of hydrogen-bond donors (Lipinski definition) is 0. The van der Waals surface area contributed by atoms with E-state index in [4.69, 9.17) is 8.42 Å². The average molecular weight is 106 g/mol. The van der Waals surface area contributed by atoms with Gasteiger partial charge in [0, 0.05) is 0 Å². The summed E-state index contributed by atoms with van der Waals surface area (Å²) in [7, 11) is 0. The van der Waals surface area contributed by atoms with Gasteiger partial charge in [-0.1, -0.05) is 0 Å². The minimum Gasteiger partial charge on any atom is -1.00 e. The molecule has 0 saturated heterocycles. The Bertz CT molecular complexity index is 30.6. The number of hydrogen-bond acceptors (Lipinski definition) is 2. The summed E-state index contributed by atoms with van der Waals surface area (Å²) in [5, 5.41) is 0. The van der Waals surface area contributed by atoms with Crippen molar-refractivity contribution in [2.24, 2.45) is 0 Å². The Kier molecular flexibility index (Phi) is 76.6. The summed E-state index contributed by atoms with van der Waals surface area (Å²) in [6, 6.07) is 0. The fourth-order valence-electron chi connectivity index (χ4n) is 0. The summed E-state index contributed by atoms with van der Waals surface area (Å²) >= 11 is -0.750. The smallest absolute Gasteiger partial charge is 1.00 e. The van der Waals surface area contributed by atoms with Gasteiger partial charge in [0.2, 0.25) is 0 Å². The maximum atomic E-state index is 8.29. The van der Waals surface area contributed by atoms with Gasteiger partial charge in [0.25, 0.3) is 0 Å². The third-order valence-electron chi connectivity index (χ3n) is 0. The van der Waals surface area contributed by atoms with Crippen molar-refractivity contribution in [2.75, 3.05) is 0 Å². The quantitative estimate of drug-likeness (QED) is 0.288. The molecule has 0 rings (SSSR count). The van der Waals surface area contributed by atoms with E-state index in [9.17, 15) is 0 Å². The molecular weight excluding hydrogens is 106 g/mol. The summed E-state index contributed by atoms with van der Waals surface area (Å²) in [5.41, 5.74) is 0. The van der Waals surface area contributed by atoms with Gasteiger partial charge in [-0.15, -0.1) is 0 Å². The van der Waals surface area contributed by atoms with E-state index in [-0.39, 0.29) is 31.3 Å². The molecule has 0 aliphatic carbocycles. The van der Waals surface area contributed by atoms with E-state index < -0.39 is 11.6 Å². The molecule has 0 spiro atoms. The normalized spacial score (nSPS) is 2.40. The molecule has 0 aromatic heterocycles. The zero-order valence-electron chi connectivity index (χ0n) is 2.60. The molecule has 0 heterocycles. The van der Waals surface area contributed by atoms with Gasteiger partial charge in [-0.3, -0.25) is 0 Å². The van der Waals surface area contributed by atoms with E-state index in [2.05, 4.69) is 0 Å². The molecule has 5 heavy (non-hydrogen) atoms. The Morgan fingerprint density at radius 2 is 1.20 bits per heavy atom. The van der Waals surface area contributed by atoms with E-state index in [1.54, 1.807) is 0 Å². The Labute approximate surface area is 51.5 Å². The van der Waals surface area contributed by atoms with E-state index in [0.717, 1.165) is 0 Å². The number of rotatable bonds is 0. The predicted molar refractivity (Wildman–Crippen MR) is 8.92 cm³/mol. The molecule has 0 atom stereocenters. The molecule has 0 aromatic rings. The van der Waals surface area contributed by atoms with Gasteiger partial charge in [0.05, 0.1) is 0 Å². The van der Waals surface area contributed by atoms with Crippen LogP contribution in [0, 0.1) is 0 Å². The average Bonchev–Trinajstić information content (AvgIpc) is 0.918. The van der Waals surface area contributed by atoms with Crippen molar-refractivity contribution in [3.63, 3.8) is 0 Å². The molecule has 0 aliphatic heterocycles. The molecule has 0 fully saturated rings. The van der Waals surface area contributed by atoms with Crippen LogP contribution in [0.15, 0.2) is 0 Å². The summed E-state index contributed by atoms with van der Waals surface area (Å²) < 4.78 is 16.6. The van der Waals surface area contributed by atoms with Crippen LogP contribution in [0.2, 0.25) is 0 Å².